The van der Waals surface area contributed by atoms with Crippen molar-refractivity contribution in [1.82, 2.24) is 0 Å². The third-order valence-electron chi connectivity index (χ3n) is 9.15. The lowest BCUT2D eigenvalue weighted by Gasteiger charge is -2.61. The van der Waals surface area contributed by atoms with Crippen molar-refractivity contribution in [3.05, 3.63) is 0 Å². The molecule has 0 heterocycles. The summed E-state index contributed by atoms with van der Waals surface area (Å²) in [6, 6.07) is 0. The Bertz CT molecular complexity index is 428. The zero-order valence-corrected chi connectivity index (χ0v) is 14.3. The molecule has 2 unspecified atom stereocenters. The van der Waals surface area contributed by atoms with Crippen LogP contribution in [0.4, 0.5) is 0 Å². The summed E-state index contributed by atoms with van der Waals surface area (Å²) in [6.45, 7) is 7.18. The van der Waals surface area contributed by atoms with E-state index in [1.165, 1.54) is 57.8 Å². The van der Waals surface area contributed by atoms with Gasteiger partial charge in [0.15, 0.2) is 0 Å². The minimum Gasteiger partial charge on any atom is -0.390 e. The molecule has 0 aliphatic heterocycles. The molecule has 1 nitrogen and oxygen atoms in total. The summed E-state index contributed by atoms with van der Waals surface area (Å²) in [4.78, 5) is 0. The number of aliphatic hydroxyl groups is 1. The molecule has 4 aliphatic carbocycles. The van der Waals surface area contributed by atoms with Crippen LogP contribution in [0.3, 0.4) is 0 Å². The molecule has 4 saturated carbocycles. The van der Waals surface area contributed by atoms with Gasteiger partial charge in [-0.2, -0.15) is 0 Å². The molecule has 0 aromatic heterocycles. The Kier molecular flexibility index (Phi) is 3.11. The predicted molar refractivity (Wildman–Crippen MR) is 87.0 cm³/mol. The van der Waals surface area contributed by atoms with Gasteiger partial charge in [-0.25, -0.2) is 0 Å². The van der Waals surface area contributed by atoms with Gasteiger partial charge in [0.1, 0.15) is 0 Å². The molecular weight excluding hydrogens is 256 g/mol. The highest BCUT2D eigenvalue weighted by atomic mass is 16.3. The highest BCUT2D eigenvalue weighted by Crippen LogP contribution is 2.68. The first-order chi connectivity index (χ1) is 9.88. The molecule has 1 heteroatoms. The fourth-order valence-electron chi connectivity index (χ4n) is 7.54. The van der Waals surface area contributed by atoms with Gasteiger partial charge >= 0.3 is 0 Å². The van der Waals surface area contributed by atoms with Gasteiger partial charge in [0, 0.05) is 0 Å². The van der Waals surface area contributed by atoms with Crippen LogP contribution in [0.5, 0.6) is 0 Å². The molecule has 0 amide bonds. The van der Waals surface area contributed by atoms with Gasteiger partial charge in [0.05, 0.1) is 5.60 Å². The van der Waals surface area contributed by atoms with E-state index in [9.17, 15) is 5.11 Å². The van der Waals surface area contributed by atoms with Crippen molar-refractivity contribution in [2.24, 2.45) is 34.5 Å². The van der Waals surface area contributed by atoms with Crippen molar-refractivity contribution in [2.75, 3.05) is 0 Å². The fourth-order valence-corrected chi connectivity index (χ4v) is 7.54. The average molecular weight is 290 g/mol. The second-order valence-electron chi connectivity index (χ2n) is 9.67. The lowest BCUT2D eigenvalue weighted by Crippen LogP contribution is -2.55. The summed E-state index contributed by atoms with van der Waals surface area (Å²) in [7, 11) is 0. The largest absolute Gasteiger partial charge is 0.390 e. The van der Waals surface area contributed by atoms with Gasteiger partial charge in [0.25, 0.3) is 0 Å². The van der Waals surface area contributed by atoms with Crippen molar-refractivity contribution in [3.63, 3.8) is 0 Å². The first-order valence-electron chi connectivity index (χ1n) is 9.61. The van der Waals surface area contributed by atoms with Crippen molar-refractivity contribution in [3.8, 4) is 0 Å². The smallest absolute Gasteiger partial charge is 0.0675 e. The molecule has 0 spiro atoms. The van der Waals surface area contributed by atoms with Crippen LogP contribution < -0.4 is 0 Å². The summed E-state index contributed by atoms with van der Waals surface area (Å²) >= 11 is 0. The highest BCUT2D eigenvalue weighted by Gasteiger charge is 2.62. The van der Waals surface area contributed by atoms with Gasteiger partial charge in [-0.15, -0.1) is 0 Å². The van der Waals surface area contributed by atoms with E-state index < -0.39 is 5.60 Å². The Morgan fingerprint density at radius 2 is 1.52 bits per heavy atom. The highest BCUT2D eigenvalue weighted by molar-refractivity contribution is 5.12. The van der Waals surface area contributed by atoms with E-state index in [1.807, 2.05) is 0 Å². The first-order valence-corrected chi connectivity index (χ1v) is 9.61. The molecule has 0 saturated heterocycles. The Labute approximate surface area is 130 Å². The average Bonchev–Trinajstić information content (AvgIpc) is 2.69. The van der Waals surface area contributed by atoms with Crippen LogP contribution in [-0.4, -0.2) is 10.7 Å². The third-order valence-corrected chi connectivity index (χ3v) is 9.15. The number of rotatable bonds is 0. The maximum atomic E-state index is 10.9. The summed E-state index contributed by atoms with van der Waals surface area (Å²) in [5.74, 6) is 3.69. The molecule has 21 heavy (non-hydrogen) atoms. The van der Waals surface area contributed by atoms with E-state index >= 15 is 0 Å². The minimum absolute atomic E-state index is 0.200. The van der Waals surface area contributed by atoms with Gasteiger partial charge in [-0.1, -0.05) is 26.7 Å². The summed E-state index contributed by atoms with van der Waals surface area (Å²) in [5.41, 5.74) is 0.427. The molecule has 7 atom stereocenters. The topological polar surface area (TPSA) is 20.2 Å². The number of hydrogen-bond acceptors (Lipinski definition) is 1. The molecule has 0 bridgehead atoms. The van der Waals surface area contributed by atoms with E-state index in [-0.39, 0.29) is 5.41 Å². The lowest BCUT2D eigenvalue weighted by molar-refractivity contribution is -0.145. The SMILES string of the molecule is CC1(O)CC[C@H]2[C@@H]3CCC4CCCC[C@]4(C)[C@@H]3CC[C@@]21C. The number of fused-ring (bicyclic) bond motifs is 5. The van der Waals surface area contributed by atoms with Gasteiger partial charge < -0.3 is 5.11 Å². The quantitative estimate of drug-likeness (QED) is 0.652. The van der Waals surface area contributed by atoms with Crippen LogP contribution in [-0.2, 0) is 0 Å². The Hall–Kier alpha value is -0.0400. The van der Waals surface area contributed by atoms with Crippen LogP contribution in [0.2, 0.25) is 0 Å². The van der Waals surface area contributed by atoms with Crippen molar-refractivity contribution < 1.29 is 5.11 Å². The maximum Gasteiger partial charge on any atom is 0.0675 e. The lowest BCUT2D eigenvalue weighted by atomic mass is 9.44. The van der Waals surface area contributed by atoms with E-state index in [0.717, 1.165) is 30.1 Å². The van der Waals surface area contributed by atoms with Gasteiger partial charge in [-0.3, -0.25) is 0 Å². The summed E-state index contributed by atoms with van der Waals surface area (Å²) < 4.78 is 0. The number of hydrogen-bond donors (Lipinski definition) is 1. The summed E-state index contributed by atoms with van der Waals surface area (Å²) in [6.07, 6.45) is 13.9. The Balaban J connectivity index is 1.66. The fraction of sp³-hybridized carbons (Fsp3) is 1.00. The molecule has 0 aromatic carbocycles. The third kappa shape index (κ3) is 1.79. The van der Waals surface area contributed by atoms with E-state index in [0.29, 0.717) is 5.41 Å². The monoisotopic (exact) mass is 290 g/mol. The Morgan fingerprint density at radius 3 is 2.33 bits per heavy atom. The van der Waals surface area contributed by atoms with Gasteiger partial charge in [0.2, 0.25) is 0 Å². The molecular formula is C20H34O. The Morgan fingerprint density at radius 1 is 0.762 bits per heavy atom. The van der Waals surface area contributed by atoms with Crippen LogP contribution >= 0.6 is 0 Å². The van der Waals surface area contributed by atoms with Crippen molar-refractivity contribution in [2.45, 2.75) is 90.6 Å². The standard InChI is InChI=1S/C20H34O/c1-18-11-5-4-6-14(18)7-8-15-16(18)9-12-19(2)17(15)10-13-20(19,3)21/h14-17,21H,4-13H2,1-3H3/t14?,15-,16-,17+,18+,19+,20?/m1/s1. The maximum absolute atomic E-state index is 10.9. The zero-order chi connectivity index (χ0) is 14.9. The second kappa shape index (κ2) is 4.49. The summed E-state index contributed by atoms with van der Waals surface area (Å²) in [5, 5.41) is 10.9. The molecule has 0 aromatic rings. The van der Waals surface area contributed by atoms with Crippen LogP contribution in [0.25, 0.3) is 0 Å². The molecule has 4 rings (SSSR count). The van der Waals surface area contributed by atoms with E-state index in [1.54, 1.807) is 0 Å². The van der Waals surface area contributed by atoms with Crippen LogP contribution in [0.15, 0.2) is 0 Å². The van der Waals surface area contributed by atoms with Crippen molar-refractivity contribution >= 4 is 0 Å². The van der Waals surface area contributed by atoms with E-state index in [4.69, 9.17) is 0 Å². The van der Waals surface area contributed by atoms with E-state index in [2.05, 4.69) is 20.8 Å². The van der Waals surface area contributed by atoms with Gasteiger partial charge in [-0.05, 0) is 92.8 Å². The normalized spacial score (nSPS) is 60.0. The first kappa shape index (κ1) is 14.5. The molecule has 4 fully saturated rings. The zero-order valence-electron chi connectivity index (χ0n) is 14.3. The van der Waals surface area contributed by atoms with Crippen LogP contribution in [0, 0.1) is 34.5 Å². The molecule has 4 aliphatic rings. The van der Waals surface area contributed by atoms with Crippen LogP contribution in [0.1, 0.15) is 85.0 Å². The molecule has 120 valence electrons. The second-order valence-corrected chi connectivity index (χ2v) is 9.67. The predicted octanol–water partition coefficient (Wildman–Crippen LogP) is 5.17. The van der Waals surface area contributed by atoms with Crippen molar-refractivity contribution in [1.29, 1.82) is 0 Å². The molecule has 1 N–H and O–H groups in total. The minimum atomic E-state index is -0.410. The molecule has 0 radical (unpaired) electrons.